The van der Waals surface area contributed by atoms with Crippen LogP contribution in [0.4, 0.5) is 0 Å². The molecule has 3 rings (SSSR count). The van der Waals surface area contributed by atoms with Gasteiger partial charge in [-0.25, -0.2) is 9.67 Å². The van der Waals surface area contributed by atoms with Crippen molar-refractivity contribution in [3.05, 3.63) is 66.1 Å². The van der Waals surface area contributed by atoms with Crippen LogP contribution in [0.1, 0.15) is 30.0 Å². The van der Waals surface area contributed by atoms with Gasteiger partial charge in [0, 0.05) is 6.04 Å². The van der Waals surface area contributed by atoms with E-state index in [1.54, 1.807) is 11.0 Å². The van der Waals surface area contributed by atoms with Crippen molar-refractivity contribution in [2.45, 2.75) is 26.4 Å². The number of hydrogen-bond acceptors (Lipinski definition) is 4. The van der Waals surface area contributed by atoms with Crippen LogP contribution in [0.5, 0.6) is 0 Å². The van der Waals surface area contributed by atoms with Crippen LogP contribution in [0.15, 0.2) is 53.5 Å². The lowest BCUT2D eigenvalue weighted by Crippen LogP contribution is -2.21. The minimum absolute atomic E-state index is 0.301. The van der Waals surface area contributed by atoms with E-state index in [1.165, 1.54) is 11.9 Å². The Bertz CT molecular complexity index is 715. The highest BCUT2D eigenvalue weighted by Crippen LogP contribution is 2.22. The molecule has 114 valence electrons. The Morgan fingerprint density at radius 1 is 1.18 bits per heavy atom. The van der Waals surface area contributed by atoms with Crippen LogP contribution in [0.3, 0.4) is 0 Å². The van der Waals surface area contributed by atoms with Gasteiger partial charge < -0.3 is 4.42 Å². The predicted octanol–water partition coefficient (Wildman–Crippen LogP) is 3.36. The minimum atomic E-state index is 0.301. The van der Waals surface area contributed by atoms with Gasteiger partial charge in [-0.15, -0.1) is 0 Å². The van der Waals surface area contributed by atoms with Crippen LogP contribution < -0.4 is 0 Å². The van der Waals surface area contributed by atoms with Crippen LogP contribution in [0.2, 0.25) is 0 Å². The number of furan rings is 1. The van der Waals surface area contributed by atoms with Gasteiger partial charge in [0.1, 0.15) is 24.2 Å². The molecule has 22 heavy (non-hydrogen) atoms. The van der Waals surface area contributed by atoms with Crippen LogP contribution >= 0.6 is 0 Å². The molecule has 0 amide bonds. The number of aromatic nitrogens is 3. The van der Waals surface area contributed by atoms with E-state index in [1.807, 2.05) is 19.1 Å². The molecular weight excluding hydrogens is 276 g/mol. The molecule has 3 aromatic rings. The van der Waals surface area contributed by atoms with Gasteiger partial charge in [-0.05, 0) is 50.7 Å². The molecule has 0 aliphatic carbocycles. The lowest BCUT2D eigenvalue weighted by molar-refractivity contribution is 0.231. The van der Waals surface area contributed by atoms with Crippen molar-refractivity contribution < 1.29 is 4.42 Å². The molecule has 1 atom stereocenters. The van der Waals surface area contributed by atoms with Gasteiger partial charge in [-0.2, -0.15) is 5.10 Å². The third-order valence-electron chi connectivity index (χ3n) is 3.92. The van der Waals surface area contributed by atoms with E-state index < -0.39 is 0 Å². The quantitative estimate of drug-likeness (QED) is 0.724. The highest BCUT2D eigenvalue weighted by Gasteiger charge is 2.13. The van der Waals surface area contributed by atoms with Crippen LogP contribution in [0.25, 0.3) is 5.69 Å². The van der Waals surface area contributed by atoms with Crippen molar-refractivity contribution >= 4 is 0 Å². The van der Waals surface area contributed by atoms with E-state index >= 15 is 0 Å². The van der Waals surface area contributed by atoms with Gasteiger partial charge in [0.25, 0.3) is 0 Å². The number of hydrogen-bond donors (Lipinski definition) is 0. The third kappa shape index (κ3) is 3.09. The molecule has 0 N–H and O–H groups in total. The van der Waals surface area contributed by atoms with Crippen molar-refractivity contribution in [3.8, 4) is 5.69 Å². The summed E-state index contributed by atoms with van der Waals surface area (Å²) in [6, 6.07) is 12.7. The largest absolute Gasteiger partial charge is 0.465 e. The van der Waals surface area contributed by atoms with Crippen LogP contribution in [-0.4, -0.2) is 26.7 Å². The number of benzene rings is 1. The normalized spacial score (nSPS) is 12.7. The molecule has 0 saturated carbocycles. The number of rotatable bonds is 5. The summed E-state index contributed by atoms with van der Waals surface area (Å²) in [5.41, 5.74) is 2.27. The molecule has 1 aromatic carbocycles. The average Bonchev–Trinajstić information content (AvgIpc) is 3.18. The zero-order chi connectivity index (χ0) is 15.5. The van der Waals surface area contributed by atoms with Gasteiger partial charge in [-0.1, -0.05) is 12.1 Å². The van der Waals surface area contributed by atoms with Crippen LogP contribution in [0, 0.1) is 6.92 Å². The SMILES string of the molecule is Cc1ccc(CN(C)C(C)c2ccc(-n3cncn3)cc2)o1. The van der Waals surface area contributed by atoms with Gasteiger partial charge in [-0.3, -0.25) is 4.90 Å². The first-order valence-electron chi connectivity index (χ1n) is 7.34. The second-order valence-electron chi connectivity index (χ2n) is 5.54. The van der Waals surface area contributed by atoms with Crippen molar-refractivity contribution in [3.63, 3.8) is 0 Å². The smallest absolute Gasteiger partial charge is 0.138 e. The summed E-state index contributed by atoms with van der Waals surface area (Å²) in [5, 5.41) is 4.14. The number of aryl methyl sites for hydroxylation is 1. The Hall–Kier alpha value is -2.40. The van der Waals surface area contributed by atoms with Gasteiger partial charge in [0.05, 0.1) is 12.2 Å². The first kappa shape index (κ1) is 14.5. The fraction of sp³-hybridized carbons (Fsp3) is 0.294. The van der Waals surface area contributed by atoms with Crippen molar-refractivity contribution in [1.82, 2.24) is 19.7 Å². The summed E-state index contributed by atoms with van der Waals surface area (Å²) < 4.78 is 7.40. The zero-order valence-corrected chi connectivity index (χ0v) is 13.1. The molecule has 0 aliphatic heterocycles. The van der Waals surface area contributed by atoms with E-state index in [9.17, 15) is 0 Å². The Labute approximate surface area is 130 Å². The first-order valence-corrected chi connectivity index (χ1v) is 7.34. The first-order chi connectivity index (χ1) is 10.6. The van der Waals surface area contributed by atoms with E-state index in [2.05, 4.69) is 53.2 Å². The summed E-state index contributed by atoms with van der Waals surface area (Å²) in [6.07, 6.45) is 3.24. The fourth-order valence-electron chi connectivity index (χ4n) is 2.45. The third-order valence-corrected chi connectivity index (χ3v) is 3.92. The van der Waals surface area contributed by atoms with E-state index in [0.717, 1.165) is 23.8 Å². The predicted molar refractivity (Wildman–Crippen MR) is 84.7 cm³/mol. The van der Waals surface area contributed by atoms with Gasteiger partial charge >= 0.3 is 0 Å². The Morgan fingerprint density at radius 2 is 1.95 bits per heavy atom. The molecule has 1 unspecified atom stereocenters. The molecule has 0 radical (unpaired) electrons. The summed E-state index contributed by atoms with van der Waals surface area (Å²) in [5.74, 6) is 1.94. The van der Waals surface area contributed by atoms with E-state index in [4.69, 9.17) is 4.42 Å². The van der Waals surface area contributed by atoms with E-state index in [0.29, 0.717) is 6.04 Å². The molecular formula is C17H20N4O. The molecule has 5 nitrogen and oxygen atoms in total. The maximum Gasteiger partial charge on any atom is 0.138 e. The standard InChI is InChI=1S/C17H20N4O/c1-13-4-9-17(22-13)10-20(3)14(2)15-5-7-16(8-6-15)21-12-18-11-19-21/h4-9,11-12,14H,10H2,1-3H3. The Kier molecular flexibility index (Phi) is 4.06. The Morgan fingerprint density at radius 3 is 2.55 bits per heavy atom. The summed E-state index contributed by atoms with van der Waals surface area (Å²) in [4.78, 5) is 6.23. The average molecular weight is 296 g/mol. The highest BCUT2D eigenvalue weighted by molar-refractivity contribution is 5.34. The minimum Gasteiger partial charge on any atom is -0.465 e. The number of nitrogens with zero attached hydrogens (tertiary/aromatic N) is 4. The van der Waals surface area contributed by atoms with Crippen molar-refractivity contribution in [1.29, 1.82) is 0 Å². The van der Waals surface area contributed by atoms with E-state index in [-0.39, 0.29) is 0 Å². The highest BCUT2D eigenvalue weighted by atomic mass is 16.3. The Balaban J connectivity index is 1.70. The topological polar surface area (TPSA) is 47.1 Å². The maximum absolute atomic E-state index is 5.65. The second kappa shape index (κ2) is 6.15. The summed E-state index contributed by atoms with van der Waals surface area (Å²) in [6.45, 7) is 4.95. The molecule has 2 aromatic heterocycles. The zero-order valence-electron chi connectivity index (χ0n) is 13.1. The van der Waals surface area contributed by atoms with Crippen LogP contribution in [-0.2, 0) is 6.54 Å². The van der Waals surface area contributed by atoms with Gasteiger partial charge in [0.15, 0.2) is 0 Å². The molecule has 5 heteroatoms. The molecule has 0 aliphatic rings. The van der Waals surface area contributed by atoms with Crippen molar-refractivity contribution in [2.75, 3.05) is 7.05 Å². The lowest BCUT2D eigenvalue weighted by atomic mass is 10.1. The second-order valence-corrected chi connectivity index (χ2v) is 5.54. The van der Waals surface area contributed by atoms with Gasteiger partial charge in [0.2, 0.25) is 0 Å². The maximum atomic E-state index is 5.65. The summed E-state index contributed by atoms with van der Waals surface area (Å²) >= 11 is 0. The molecule has 2 heterocycles. The lowest BCUT2D eigenvalue weighted by Gasteiger charge is -2.24. The van der Waals surface area contributed by atoms with Crippen molar-refractivity contribution in [2.24, 2.45) is 0 Å². The fourth-order valence-corrected chi connectivity index (χ4v) is 2.45. The summed E-state index contributed by atoms with van der Waals surface area (Å²) in [7, 11) is 2.11. The monoisotopic (exact) mass is 296 g/mol. The molecule has 0 spiro atoms. The molecule has 0 saturated heterocycles. The molecule has 0 bridgehead atoms. The molecule has 0 fully saturated rings.